The summed E-state index contributed by atoms with van der Waals surface area (Å²) in [5.41, 5.74) is 0. The van der Waals surface area contributed by atoms with Crippen molar-refractivity contribution < 1.29 is 4.90 Å². The van der Waals surface area contributed by atoms with Gasteiger partial charge in [0.25, 0.3) is 0 Å². The Morgan fingerprint density at radius 1 is 0.800 bits per heavy atom. The first-order chi connectivity index (χ1) is 9.83. The largest absolute Gasteiger partial charge is 0.326 e. The lowest BCUT2D eigenvalue weighted by molar-refractivity contribution is -0.826. The first-order valence-electron chi connectivity index (χ1n) is 9.07. The molecule has 0 spiro atoms. The highest BCUT2D eigenvalue weighted by Gasteiger charge is 2.11. The average Bonchev–Trinajstić information content (AvgIpc) is 2.86. The van der Waals surface area contributed by atoms with Crippen LogP contribution in [0.5, 0.6) is 0 Å². The molecule has 0 amide bonds. The van der Waals surface area contributed by atoms with Crippen LogP contribution in [0, 0.1) is 0 Å². The molecule has 0 aliphatic carbocycles. The lowest BCUT2D eigenvalue weighted by Crippen LogP contribution is -3.03. The Morgan fingerprint density at radius 2 is 1.30 bits per heavy atom. The second-order valence-electron chi connectivity index (χ2n) is 6.52. The number of unbranched alkanes of at least 4 members (excludes halogenated alkanes) is 11. The summed E-state index contributed by atoms with van der Waals surface area (Å²) in [6, 6.07) is 0. The van der Waals surface area contributed by atoms with Crippen molar-refractivity contribution in [3.63, 3.8) is 0 Å². The molecule has 0 fully saturated rings. The van der Waals surface area contributed by atoms with Crippen molar-refractivity contribution in [3.8, 4) is 0 Å². The molecule has 2 nitrogen and oxygen atoms in total. The Labute approximate surface area is 127 Å². The number of quaternary nitrogens is 1. The van der Waals surface area contributed by atoms with E-state index >= 15 is 0 Å². The van der Waals surface area contributed by atoms with Crippen LogP contribution < -0.4 is 4.90 Å². The third-order valence-corrected chi connectivity index (χ3v) is 4.32. The van der Waals surface area contributed by atoms with Crippen LogP contribution in [-0.4, -0.2) is 25.2 Å². The monoisotopic (exact) mass is 281 g/mol. The third-order valence-electron chi connectivity index (χ3n) is 4.32. The Balaban J connectivity index is 1.71. The van der Waals surface area contributed by atoms with E-state index in [1.165, 1.54) is 88.5 Å². The van der Waals surface area contributed by atoms with E-state index in [1.54, 1.807) is 0 Å². The van der Waals surface area contributed by atoms with E-state index in [0.717, 1.165) is 6.67 Å². The highest BCUT2D eigenvalue weighted by atomic mass is 15.3. The lowest BCUT2D eigenvalue weighted by atomic mass is 10.1. The summed E-state index contributed by atoms with van der Waals surface area (Å²) < 4.78 is 0. The summed E-state index contributed by atoms with van der Waals surface area (Å²) in [7, 11) is 2.22. The lowest BCUT2D eigenvalue weighted by Gasteiger charge is -2.14. The topological polar surface area (TPSA) is 7.68 Å². The van der Waals surface area contributed by atoms with Crippen LogP contribution >= 0.6 is 0 Å². The second-order valence-corrected chi connectivity index (χ2v) is 6.52. The molecular weight excluding hydrogens is 244 g/mol. The van der Waals surface area contributed by atoms with Gasteiger partial charge in [0.05, 0.1) is 13.2 Å². The fraction of sp³-hybridized carbons (Fsp3) is 0.889. The van der Waals surface area contributed by atoms with E-state index < -0.39 is 0 Å². The minimum Gasteiger partial charge on any atom is -0.326 e. The predicted molar refractivity (Wildman–Crippen MR) is 88.7 cm³/mol. The standard InChI is InChI=1S/C18H36N2/c1-3-4-5-6-7-8-9-10-11-12-13-14-15-20-17-16-19(2)18-20/h16-17H,3-15,18H2,1-2H3/p+1. The zero-order valence-electron chi connectivity index (χ0n) is 14.0. The molecule has 118 valence electrons. The average molecular weight is 282 g/mol. The van der Waals surface area contributed by atoms with Gasteiger partial charge in [0.15, 0.2) is 6.67 Å². The fourth-order valence-electron chi connectivity index (χ4n) is 2.97. The van der Waals surface area contributed by atoms with Gasteiger partial charge in [0, 0.05) is 6.54 Å². The van der Waals surface area contributed by atoms with Crippen LogP contribution in [0.25, 0.3) is 0 Å². The molecule has 2 heteroatoms. The summed E-state index contributed by atoms with van der Waals surface area (Å²) >= 11 is 0. The highest BCUT2D eigenvalue weighted by molar-refractivity contribution is 4.77. The third kappa shape index (κ3) is 9.41. The van der Waals surface area contributed by atoms with Gasteiger partial charge >= 0.3 is 0 Å². The van der Waals surface area contributed by atoms with Gasteiger partial charge in [-0.25, -0.2) is 0 Å². The Hall–Kier alpha value is -0.500. The Morgan fingerprint density at radius 3 is 1.75 bits per heavy atom. The summed E-state index contributed by atoms with van der Waals surface area (Å²) in [6.07, 6.45) is 21.8. The first-order valence-corrected chi connectivity index (χ1v) is 9.07. The van der Waals surface area contributed by atoms with Gasteiger partial charge in [0.1, 0.15) is 6.20 Å². The SMILES string of the molecule is CCCCCCCCCCCCCCN1C=C[NH+](C)C1. The van der Waals surface area contributed by atoms with Crippen molar-refractivity contribution in [2.75, 3.05) is 20.3 Å². The molecule has 1 aliphatic rings. The van der Waals surface area contributed by atoms with Crippen molar-refractivity contribution >= 4 is 0 Å². The molecular formula is C18H37N2+. The molecule has 20 heavy (non-hydrogen) atoms. The molecule has 0 aromatic carbocycles. The van der Waals surface area contributed by atoms with Gasteiger partial charge in [-0.05, 0) is 6.42 Å². The molecule has 0 bridgehead atoms. The molecule has 0 aromatic rings. The molecule has 1 heterocycles. The van der Waals surface area contributed by atoms with Gasteiger partial charge in [-0.1, -0.05) is 77.6 Å². The van der Waals surface area contributed by atoms with Crippen LogP contribution in [0.4, 0.5) is 0 Å². The van der Waals surface area contributed by atoms with E-state index in [2.05, 4.69) is 31.3 Å². The second kappa shape index (κ2) is 12.3. The van der Waals surface area contributed by atoms with Crippen molar-refractivity contribution in [2.45, 2.75) is 84.0 Å². The molecule has 0 saturated heterocycles. The zero-order chi connectivity index (χ0) is 14.5. The summed E-state index contributed by atoms with van der Waals surface area (Å²) in [5.74, 6) is 0. The number of rotatable bonds is 13. The molecule has 1 aliphatic heterocycles. The number of hydrogen-bond acceptors (Lipinski definition) is 1. The number of nitrogens with zero attached hydrogens (tertiary/aromatic N) is 1. The van der Waals surface area contributed by atoms with E-state index in [4.69, 9.17) is 0 Å². The quantitative estimate of drug-likeness (QED) is 0.502. The highest BCUT2D eigenvalue weighted by Crippen LogP contribution is 2.12. The minimum atomic E-state index is 1.16. The maximum Gasteiger partial charge on any atom is 0.156 e. The maximum atomic E-state index is 2.45. The van der Waals surface area contributed by atoms with Gasteiger partial charge in [-0.15, -0.1) is 0 Å². The zero-order valence-corrected chi connectivity index (χ0v) is 14.0. The summed E-state index contributed by atoms with van der Waals surface area (Å²) in [5, 5.41) is 0. The number of hydrogen-bond donors (Lipinski definition) is 1. The Kier molecular flexibility index (Phi) is 10.8. The fourth-order valence-corrected chi connectivity index (χ4v) is 2.97. The number of nitrogens with one attached hydrogen (secondary N) is 1. The normalized spacial score (nSPS) is 18.1. The van der Waals surface area contributed by atoms with E-state index in [0.29, 0.717) is 0 Å². The van der Waals surface area contributed by atoms with E-state index in [1.807, 2.05) is 0 Å². The van der Waals surface area contributed by atoms with Gasteiger partial charge in [0.2, 0.25) is 0 Å². The minimum absolute atomic E-state index is 1.16. The molecule has 0 radical (unpaired) electrons. The van der Waals surface area contributed by atoms with Crippen molar-refractivity contribution in [3.05, 3.63) is 12.4 Å². The van der Waals surface area contributed by atoms with Crippen molar-refractivity contribution in [2.24, 2.45) is 0 Å². The molecule has 1 atom stereocenters. The molecule has 1 rings (SSSR count). The van der Waals surface area contributed by atoms with Crippen LogP contribution in [0.3, 0.4) is 0 Å². The van der Waals surface area contributed by atoms with E-state index in [9.17, 15) is 0 Å². The molecule has 1 unspecified atom stereocenters. The summed E-state index contributed by atoms with van der Waals surface area (Å²) in [6.45, 7) is 4.71. The Bertz CT molecular complexity index is 238. The van der Waals surface area contributed by atoms with Crippen molar-refractivity contribution in [1.82, 2.24) is 4.90 Å². The van der Waals surface area contributed by atoms with Crippen LogP contribution in [0.15, 0.2) is 12.4 Å². The van der Waals surface area contributed by atoms with Gasteiger partial charge < -0.3 is 4.90 Å². The smallest absolute Gasteiger partial charge is 0.156 e. The van der Waals surface area contributed by atoms with E-state index in [-0.39, 0.29) is 0 Å². The molecule has 0 aromatic heterocycles. The summed E-state index contributed by atoms with van der Waals surface area (Å²) in [4.78, 5) is 3.95. The molecule has 0 saturated carbocycles. The van der Waals surface area contributed by atoms with Crippen LogP contribution in [0.1, 0.15) is 84.0 Å². The van der Waals surface area contributed by atoms with Gasteiger partial charge in [-0.2, -0.15) is 0 Å². The van der Waals surface area contributed by atoms with Gasteiger partial charge in [-0.3, -0.25) is 4.90 Å². The maximum absolute atomic E-state index is 2.45. The first kappa shape index (κ1) is 17.6. The van der Waals surface area contributed by atoms with Crippen LogP contribution in [0.2, 0.25) is 0 Å². The van der Waals surface area contributed by atoms with Crippen molar-refractivity contribution in [1.29, 1.82) is 0 Å². The van der Waals surface area contributed by atoms with Crippen LogP contribution in [-0.2, 0) is 0 Å². The molecule has 1 N–H and O–H groups in total. The predicted octanol–water partition coefficient (Wildman–Crippen LogP) is 3.95.